The summed E-state index contributed by atoms with van der Waals surface area (Å²) >= 11 is 12.4. The van der Waals surface area contributed by atoms with E-state index in [0.29, 0.717) is 51.7 Å². The van der Waals surface area contributed by atoms with Gasteiger partial charge in [-0.15, -0.1) is 0 Å². The van der Waals surface area contributed by atoms with E-state index in [0.717, 1.165) is 49.8 Å². The summed E-state index contributed by atoms with van der Waals surface area (Å²) < 4.78 is 5.53. The van der Waals surface area contributed by atoms with Crippen LogP contribution in [0, 0.1) is 34.5 Å². The fraction of sp³-hybridized carbons (Fsp3) is 0.419. The van der Waals surface area contributed by atoms with E-state index in [1.165, 1.54) is 6.20 Å². The molecule has 8 nitrogen and oxygen atoms in total. The zero-order valence-corrected chi connectivity index (χ0v) is 24.1. The predicted molar refractivity (Wildman–Crippen MR) is 159 cm³/mol. The maximum absolute atomic E-state index is 12.7. The lowest BCUT2D eigenvalue weighted by Crippen LogP contribution is -2.60. The molecule has 41 heavy (non-hydrogen) atoms. The van der Waals surface area contributed by atoms with Crippen LogP contribution in [0.1, 0.15) is 48.8 Å². The lowest BCUT2D eigenvalue weighted by Gasteiger charge is -2.60. The fourth-order valence-corrected chi connectivity index (χ4v) is 7.73. The summed E-state index contributed by atoms with van der Waals surface area (Å²) in [6, 6.07) is 17.4. The van der Waals surface area contributed by atoms with Gasteiger partial charge >= 0.3 is 6.09 Å². The Kier molecular flexibility index (Phi) is 7.92. The lowest BCUT2D eigenvalue weighted by atomic mass is 9.48. The highest BCUT2D eigenvalue weighted by Crippen LogP contribution is 2.60. The summed E-state index contributed by atoms with van der Waals surface area (Å²) in [6.07, 6.45) is 6.70. The van der Waals surface area contributed by atoms with Crippen LogP contribution in [-0.4, -0.2) is 28.6 Å². The Balaban J connectivity index is 1.08. The second kappa shape index (κ2) is 11.8. The summed E-state index contributed by atoms with van der Waals surface area (Å²) in [5.74, 6) is 2.44. The number of rotatable bonds is 9. The number of benzene rings is 2. The summed E-state index contributed by atoms with van der Waals surface area (Å²) in [5, 5.41) is 20.8. The van der Waals surface area contributed by atoms with Gasteiger partial charge in [-0.1, -0.05) is 53.5 Å². The Morgan fingerprint density at radius 1 is 1.07 bits per heavy atom. The van der Waals surface area contributed by atoms with Crippen molar-refractivity contribution in [2.75, 3.05) is 17.2 Å². The molecule has 4 aliphatic carbocycles. The van der Waals surface area contributed by atoms with E-state index in [-0.39, 0.29) is 24.2 Å². The summed E-state index contributed by atoms with van der Waals surface area (Å²) in [4.78, 5) is 21.6. The monoisotopic (exact) mass is 590 g/mol. The van der Waals surface area contributed by atoms with E-state index in [4.69, 9.17) is 27.9 Å². The topological polar surface area (TPSA) is 112 Å². The zero-order chi connectivity index (χ0) is 28.4. The van der Waals surface area contributed by atoms with Crippen molar-refractivity contribution in [1.29, 1.82) is 5.26 Å². The number of carbonyl (C=O) groups excluding carboxylic acids is 1. The fourth-order valence-electron chi connectivity index (χ4n) is 7.35. The van der Waals surface area contributed by atoms with Crippen molar-refractivity contribution in [2.45, 2.75) is 51.3 Å². The molecule has 3 aromatic rings. The Hall–Kier alpha value is -3.54. The lowest BCUT2D eigenvalue weighted by molar-refractivity contribution is -0.0683. The van der Waals surface area contributed by atoms with Gasteiger partial charge in [-0.25, -0.2) is 9.78 Å². The summed E-state index contributed by atoms with van der Waals surface area (Å²) in [6.45, 7) is 1.41. The third-order valence-electron chi connectivity index (χ3n) is 8.88. The number of carbonyl (C=O) groups is 1. The number of nitrogens with one attached hydrogen (secondary N) is 3. The van der Waals surface area contributed by atoms with Crippen molar-refractivity contribution < 1.29 is 9.53 Å². The Morgan fingerprint density at radius 3 is 2.61 bits per heavy atom. The molecule has 4 bridgehead atoms. The van der Waals surface area contributed by atoms with Crippen LogP contribution in [-0.2, 0) is 17.9 Å². The molecule has 0 saturated heterocycles. The van der Waals surface area contributed by atoms with Gasteiger partial charge in [0.2, 0.25) is 5.95 Å². The first-order chi connectivity index (χ1) is 19.9. The van der Waals surface area contributed by atoms with Gasteiger partial charge in [-0.3, -0.25) is 0 Å². The molecule has 1 heterocycles. The number of halogens is 2. The highest BCUT2D eigenvalue weighted by atomic mass is 35.5. The van der Waals surface area contributed by atoms with Gasteiger partial charge in [-0.2, -0.15) is 10.2 Å². The maximum atomic E-state index is 12.7. The number of aromatic nitrogens is 2. The number of nitrogens with zero attached hydrogens (tertiary/aromatic N) is 3. The molecule has 3 N–H and O–H groups in total. The molecule has 212 valence electrons. The second-order valence-electron chi connectivity index (χ2n) is 11.7. The van der Waals surface area contributed by atoms with Crippen LogP contribution in [0.15, 0.2) is 54.7 Å². The number of nitriles is 1. The third-order valence-corrected chi connectivity index (χ3v) is 9.49. The predicted octanol–water partition coefficient (Wildman–Crippen LogP) is 6.80. The smallest absolute Gasteiger partial charge is 0.407 e. The van der Waals surface area contributed by atoms with Crippen molar-refractivity contribution in [3.63, 3.8) is 0 Å². The van der Waals surface area contributed by atoms with E-state index in [1.54, 1.807) is 18.2 Å². The van der Waals surface area contributed by atoms with Gasteiger partial charge in [0.25, 0.3) is 0 Å². The van der Waals surface area contributed by atoms with Crippen LogP contribution in [0.2, 0.25) is 10.0 Å². The number of hydrogen-bond donors (Lipinski definition) is 3. The van der Waals surface area contributed by atoms with Gasteiger partial charge in [0.15, 0.2) is 0 Å². The molecule has 4 fully saturated rings. The van der Waals surface area contributed by atoms with E-state index >= 15 is 0 Å². The Labute approximate surface area is 249 Å². The highest BCUT2D eigenvalue weighted by molar-refractivity contribution is 6.33. The Morgan fingerprint density at radius 2 is 1.85 bits per heavy atom. The first-order valence-electron chi connectivity index (χ1n) is 14.1. The van der Waals surface area contributed by atoms with Crippen LogP contribution < -0.4 is 16.0 Å². The largest absolute Gasteiger partial charge is 0.445 e. The average Bonchev–Trinajstić information content (AvgIpc) is 2.97. The van der Waals surface area contributed by atoms with Crippen molar-refractivity contribution >= 4 is 41.1 Å². The van der Waals surface area contributed by atoms with Crippen LogP contribution in [0.5, 0.6) is 0 Å². The van der Waals surface area contributed by atoms with Gasteiger partial charge in [0.1, 0.15) is 24.1 Å². The second-order valence-corrected chi connectivity index (χ2v) is 12.6. The number of ether oxygens (including phenoxy) is 1. The van der Waals surface area contributed by atoms with Gasteiger partial charge < -0.3 is 20.7 Å². The number of anilines is 2. The van der Waals surface area contributed by atoms with Crippen LogP contribution in [0.3, 0.4) is 0 Å². The number of amides is 1. The standard InChI is InChI=1S/C31H32Cl2N6O2/c32-25-6-7-26(33)23(10-25)15-35-29-36-16-24(14-34)28(39-29)37-18-31-11-20-8-21(12-31)27(22(9-20)13-31)38-30(40)41-17-19-4-2-1-3-5-19/h1-7,10,16,20-22,27H,8-9,11-13,15,17-18H2,(H,38,40)(H2,35,36,37,39)/t20?,21-,22+,27?,31?. The minimum atomic E-state index is -0.336. The molecule has 5 atom stereocenters. The first kappa shape index (κ1) is 27.6. The van der Waals surface area contributed by atoms with E-state index in [1.807, 2.05) is 30.3 Å². The van der Waals surface area contributed by atoms with Crippen molar-refractivity contribution in [3.05, 3.63) is 81.5 Å². The van der Waals surface area contributed by atoms with Crippen molar-refractivity contribution in [2.24, 2.45) is 23.2 Å². The zero-order valence-electron chi connectivity index (χ0n) is 22.6. The molecule has 0 spiro atoms. The molecule has 0 aliphatic heterocycles. The molecule has 4 saturated carbocycles. The minimum absolute atomic E-state index is 0.113. The Bertz CT molecular complexity index is 1450. The molecule has 0 radical (unpaired) electrons. The summed E-state index contributed by atoms with van der Waals surface area (Å²) in [5.41, 5.74) is 2.33. The molecule has 10 heteroatoms. The van der Waals surface area contributed by atoms with Gasteiger partial charge in [0, 0.05) is 29.2 Å². The molecule has 1 aromatic heterocycles. The van der Waals surface area contributed by atoms with Crippen LogP contribution in [0.4, 0.5) is 16.6 Å². The molecule has 1 amide bonds. The molecule has 7 rings (SSSR count). The van der Waals surface area contributed by atoms with E-state index < -0.39 is 0 Å². The van der Waals surface area contributed by atoms with E-state index in [9.17, 15) is 10.1 Å². The average molecular weight is 592 g/mol. The van der Waals surface area contributed by atoms with Crippen molar-refractivity contribution in [3.8, 4) is 6.07 Å². The highest BCUT2D eigenvalue weighted by Gasteiger charge is 2.55. The SMILES string of the molecule is N#Cc1cnc(NCc2cc(Cl)ccc2Cl)nc1NCC12CC3C[C@H](C1)C(NC(=O)OCc1ccccc1)[C@@H](C3)C2. The van der Waals surface area contributed by atoms with Gasteiger partial charge in [0.05, 0.1) is 6.20 Å². The van der Waals surface area contributed by atoms with Crippen molar-refractivity contribution in [1.82, 2.24) is 15.3 Å². The molecular weight excluding hydrogens is 559 g/mol. The quantitative estimate of drug-likeness (QED) is 0.251. The van der Waals surface area contributed by atoms with Gasteiger partial charge in [-0.05, 0) is 84.6 Å². The number of alkyl carbamates (subject to hydrolysis) is 1. The minimum Gasteiger partial charge on any atom is -0.445 e. The number of hydrogen-bond acceptors (Lipinski definition) is 7. The molecular formula is C31H32Cl2N6O2. The van der Waals surface area contributed by atoms with Crippen LogP contribution >= 0.6 is 23.2 Å². The molecule has 3 unspecified atom stereocenters. The molecule has 2 aromatic carbocycles. The summed E-state index contributed by atoms with van der Waals surface area (Å²) in [7, 11) is 0. The maximum Gasteiger partial charge on any atom is 0.407 e. The third kappa shape index (κ3) is 6.22. The van der Waals surface area contributed by atoms with Crippen LogP contribution in [0.25, 0.3) is 0 Å². The first-order valence-corrected chi connectivity index (χ1v) is 14.8. The normalized spacial score (nSPS) is 25.8. The van der Waals surface area contributed by atoms with E-state index in [2.05, 4.69) is 32.0 Å². The molecule has 4 aliphatic rings.